The molecule has 0 radical (unpaired) electrons. The lowest BCUT2D eigenvalue weighted by molar-refractivity contribution is -0.120. The average Bonchev–Trinajstić information content (AvgIpc) is 2.79. The van der Waals surface area contributed by atoms with E-state index in [1.54, 1.807) is 7.05 Å². The number of unbranched alkanes of at least 4 members (excludes halogenated alkanes) is 16. The maximum absolute atomic E-state index is 11.2. The van der Waals surface area contributed by atoms with Gasteiger partial charge >= 0.3 is 0 Å². The lowest BCUT2D eigenvalue weighted by Gasteiger charge is -2.06. The van der Waals surface area contributed by atoms with Gasteiger partial charge in [0.25, 0.3) is 0 Å². The molecule has 0 aliphatic rings. The van der Waals surface area contributed by atoms with Crippen LogP contribution in [0.25, 0.3) is 0 Å². The van der Waals surface area contributed by atoms with Gasteiger partial charge in [-0.25, -0.2) is 0 Å². The van der Waals surface area contributed by atoms with E-state index in [-0.39, 0.29) is 5.91 Å². The third-order valence-corrected chi connectivity index (χ3v) is 5.52. The molecule has 0 heterocycles. The van der Waals surface area contributed by atoms with Gasteiger partial charge in [-0.2, -0.15) is 0 Å². The van der Waals surface area contributed by atoms with Crippen molar-refractivity contribution in [3.8, 4) is 0 Å². The molecule has 0 aliphatic heterocycles. The molecule has 31 heavy (non-hydrogen) atoms. The van der Waals surface area contributed by atoms with Crippen molar-refractivity contribution in [3.05, 3.63) is 0 Å². The van der Waals surface area contributed by atoms with E-state index in [2.05, 4.69) is 17.6 Å². The Morgan fingerprint density at radius 3 is 1.42 bits per heavy atom. The van der Waals surface area contributed by atoms with Crippen LogP contribution in [0.4, 0.5) is 0 Å². The summed E-state index contributed by atoms with van der Waals surface area (Å²) < 4.78 is 5.63. The molecule has 0 spiro atoms. The zero-order chi connectivity index (χ0) is 23.3. The molecule has 4 nitrogen and oxygen atoms in total. The summed E-state index contributed by atoms with van der Waals surface area (Å²) in [6, 6.07) is 0. The molecule has 0 rings (SSSR count). The smallest absolute Gasteiger partial charge is 0.233 e. The van der Waals surface area contributed by atoms with Crippen molar-refractivity contribution in [1.29, 1.82) is 0 Å². The van der Waals surface area contributed by atoms with Crippen molar-refractivity contribution in [1.82, 2.24) is 10.6 Å². The van der Waals surface area contributed by atoms with Gasteiger partial charge in [0.15, 0.2) is 0 Å². The normalized spacial score (nSPS) is 10.6. The van der Waals surface area contributed by atoms with Gasteiger partial charge < -0.3 is 15.4 Å². The van der Waals surface area contributed by atoms with Gasteiger partial charge in [-0.3, -0.25) is 4.79 Å². The summed E-state index contributed by atoms with van der Waals surface area (Å²) in [6.45, 7) is 9.00. The molecule has 188 valence electrons. The topological polar surface area (TPSA) is 50.4 Å². The molecular weight excluding hydrogens is 384 g/mol. The quantitative estimate of drug-likeness (QED) is 0.153. The Morgan fingerprint density at radius 2 is 1.00 bits per heavy atom. The molecule has 0 saturated carbocycles. The second-order valence-corrected chi connectivity index (χ2v) is 8.50. The minimum absolute atomic E-state index is 0.0562. The first-order valence-corrected chi connectivity index (χ1v) is 13.8. The fourth-order valence-corrected chi connectivity index (χ4v) is 3.66. The van der Waals surface area contributed by atoms with E-state index in [0.717, 1.165) is 19.6 Å². The minimum atomic E-state index is 0.0562. The standard InChI is InChI=1S/C25H52N2O2.C2H6/c1-3-4-5-6-7-8-9-10-11-12-13-14-15-16-17-18-19-22-29-23-20-21-27-25(28)24-26-2;1-2/h26H,3-24H2,1-2H3,(H,27,28);1-2H3. The number of hydrogen-bond donors (Lipinski definition) is 2. The maximum atomic E-state index is 11.2. The summed E-state index contributed by atoms with van der Waals surface area (Å²) in [4.78, 5) is 11.2. The Kier molecular flexibility index (Phi) is 33.2. The fraction of sp³-hybridized carbons (Fsp3) is 0.963. The van der Waals surface area contributed by atoms with Crippen LogP contribution in [0, 0.1) is 0 Å². The van der Waals surface area contributed by atoms with E-state index in [1.807, 2.05) is 13.8 Å². The second kappa shape index (κ2) is 31.6. The van der Waals surface area contributed by atoms with Crippen molar-refractivity contribution in [2.24, 2.45) is 0 Å². The molecule has 0 fully saturated rings. The van der Waals surface area contributed by atoms with Gasteiger partial charge in [-0.05, 0) is 19.9 Å². The molecule has 0 aromatic carbocycles. The van der Waals surface area contributed by atoms with Gasteiger partial charge in [0.05, 0.1) is 6.54 Å². The molecule has 2 N–H and O–H groups in total. The van der Waals surface area contributed by atoms with Crippen LogP contribution in [0.15, 0.2) is 0 Å². The lowest BCUT2D eigenvalue weighted by atomic mass is 10.0. The second-order valence-electron chi connectivity index (χ2n) is 8.50. The molecule has 4 heteroatoms. The van der Waals surface area contributed by atoms with Crippen LogP contribution in [0.1, 0.15) is 136 Å². The highest BCUT2D eigenvalue weighted by molar-refractivity contribution is 5.77. The molecule has 0 unspecified atom stereocenters. The minimum Gasteiger partial charge on any atom is -0.381 e. The van der Waals surface area contributed by atoms with Gasteiger partial charge in [-0.15, -0.1) is 0 Å². The molecule has 0 atom stereocenters. The summed E-state index contributed by atoms with van der Waals surface area (Å²) in [7, 11) is 1.78. The monoisotopic (exact) mass is 442 g/mol. The number of carbonyl (C=O) groups excluding carboxylic acids is 1. The van der Waals surface area contributed by atoms with Gasteiger partial charge in [0.1, 0.15) is 0 Å². The number of rotatable bonds is 24. The summed E-state index contributed by atoms with van der Waals surface area (Å²) in [5, 5.41) is 5.70. The first-order chi connectivity index (χ1) is 15.3. The van der Waals surface area contributed by atoms with Crippen LogP contribution in [0.5, 0.6) is 0 Å². The summed E-state index contributed by atoms with van der Waals surface area (Å²) in [5.41, 5.74) is 0. The van der Waals surface area contributed by atoms with E-state index in [1.165, 1.54) is 109 Å². The number of carbonyl (C=O) groups is 1. The Bertz CT molecular complexity index is 324. The van der Waals surface area contributed by atoms with E-state index >= 15 is 0 Å². The highest BCUT2D eigenvalue weighted by Gasteiger charge is 1.98. The van der Waals surface area contributed by atoms with Crippen LogP contribution < -0.4 is 10.6 Å². The zero-order valence-corrected chi connectivity index (χ0v) is 21.9. The van der Waals surface area contributed by atoms with Crippen molar-refractivity contribution in [3.63, 3.8) is 0 Å². The number of likely N-dealkylation sites (N-methyl/N-ethyl adjacent to an activating group) is 1. The third-order valence-electron chi connectivity index (χ3n) is 5.52. The Labute approximate surface area is 196 Å². The molecule has 0 saturated heterocycles. The Balaban J connectivity index is 0. The highest BCUT2D eigenvalue weighted by Crippen LogP contribution is 2.14. The first-order valence-electron chi connectivity index (χ1n) is 13.8. The maximum Gasteiger partial charge on any atom is 0.233 e. The summed E-state index contributed by atoms with van der Waals surface area (Å²) in [6.07, 6.45) is 24.8. The van der Waals surface area contributed by atoms with Gasteiger partial charge in [-0.1, -0.05) is 124 Å². The van der Waals surface area contributed by atoms with Crippen molar-refractivity contribution < 1.29 is 9.53 Å². The molecular formula is C27H58N2O2. The molecule has 0 aromatic rings. The number of hydrogen-bond acceptors (Lipinski definition) is 3. The predicted octanol–water partition coefficient (Wildman–Crippen LogP) is 7.41. The summed E-state index contributed by atoms with van der Waals surface area (Å²) in [5.74, 6) is 0.0562. The fourth-order valence-electron chi connectivity index (χ4n) is 3.66. The van der Waals surface area contributed by atoms with Crippen molar-refractivity contribution in [2.75, 3.05) is 33.4 Å². The summed E-state index contributed by atoms with van der Waals surface area (Å²) >= 11 is 0. The van der Waals surface area contributed by atoms with Crippen LogP contribution >= 0.6 is 0 Å². The van der Waals surface area contributed by atoms with E-state index in [4.69, 9.17) is 4.74 Å². The molecule has 0 aromatic heterocycles. The van der Waals surface area contributed by atoms with Crippen LogP contribution in [0.3, 0.4) is 0 Å². The van der Waals surface area contributed by atoms with Crippen molar-refractivity contribution >= 4 is 5.91 Å². The third kappa shape index (κ3) is 31.7. The SMILES string of the molecule is CC.CCCCCCCCCCCCCCCCCCCOCCCNC(=O)CNC. The lowest BCUT2D eigenvalue weighted by Crippen LogP contribution is -2.33. The molecule has 1 amide bonds. The predicted molar refractivity (Wildman–Crippen MR) is 138 cm³/mol. The van der Waals surface area contributed by atoms with Gasteiger partial charge in [0, 0.05) is 19.8 Å². The van der Waals surface area contributed by atoms with Crippen LogP contribution in [-0.4, -0.2) is 39.3 Å². The van der Waals surface area contributed by atoms with Gasteiger partial charge in [0.2, 0.25) is 5.91 Å². The highest BCUT2D eigenvalue weighted by atomic mass is 16.5. The largest absolute Gasteiger partial charge is 0.381 e. The Hall–Kier alpha value is -0.610. The van der Waals surface area contributed by atoms with E-state index in [9.17, 15) is 4.79 Å². The zero-order valence-electron chi connectivity index (χ0n) is 21.9. The molecule has 0 aliphatic carbocycles. The number of amides is 1. The average molecular weight is 443 g/mol. The van der Waals surface area contributed by atoms with E-state index < -0.39 is 0 Å². The van der Waals surface area contributed by atoms with Crippen LogP contribution in [-0.2, 0) is 9.53 Å². The molecule has 0 bridgehead atoms. The van der Waals surface area contributed by atoms with Crippen LogP contribution in [0.2, 0.25) is 0 Å². The Morgan fingerprint density at radius 1 is 0.613 bits per heavy atom. The van der Waals surface area contributed by atoms with Crippen molar-refractivity contribution in [2.45, 2.75) is 136 Å². The number of nitrogens with one attached hydrogen (secondary N) is 2. The number of ether oxygens (including phenoxy) is 1. The first kappa shape index (κ1) is 32.6. The van der Waals surface area contributed by atoms with E-state index in [0.29, 0.717) is 13.1 Å².